The van der Waals surface area contributed by atoms with E-state index in [2.05, 4.69) is 0 Å². The van der Waals surface area contributed by atoms with Crippen LogP contribution in [0, 0.1) is 5.92 Å². The minimum atomic E-state index is -0.450. The summed E-state index contributed by atoms with van der Waals surface area (Å²) in [4.78, 5) is 23.0. The van der Waals surface area contributed by atoms with Gasteiger partial charge in [-0.1, -0.05) is 6.42 Å². The predicted molar refractivity (Wildman–Crippen MR) is 57.4 cm³/mol. The van der Waals surface area contributed by atoms with Crippen LogP contribution < -0.4 is 0 Å². The van der Waals surface area contributed by atoms with Crippen LogP contribution >= 0.6 is 0 Å². The number of esters is 1. The van der Waals surface area contributed by atoms with Crippen molar-refractivity contribution in [2.45, 2.75) is 58.5 Å². The van der Waals surface area contributed by atoms with Crippen molar-refractivity contribution in [3.05, 3.63) is 0 Å². The van der Waals surface area contributed by atoms with Gasteiger partial charge in [0, 0.05) is 12.3 Å². The Kier molecular flexibility index (Phi) is 3.89. The van der Waals surface area contributed by atoms with Gasteiger partial charge in [-0.2, -0.15) is 0 Å². The predicted octanol–water partition coefficient (Wildman–Crippen LogP) is 2.48. The molecule has 0 aromatic carbocycles. The van der Waals surface area contributed by atoms with E-state index in [1.165, 1.54) is 0 Å². The Morgan fingerprint density at radius 1 is 1.40 bits per heavy atom. The lowest BCUT2D eigenvalue weighted by molar-refractivity contribution is -0.157. The van der Waals surface area contributed by atoms with Crippen LogP contribution in [0.15, 0.2) is 0 Å². The molecule has 1 aliphatic rings. The molecule has 0 heterocycles. The maximum atomic E-state index is 11.5. The quantitative estimate of drug-likeness (QED) is 0.660. The molecule has 1 unspecified atom stereocenters. The van der Waals surface area contributed by atoms with Gasteiger partial charge < -0.3 is 4.74 Å². The number of ketones is 1. The van der Waals surface area contributed by atoms with E-state index in [1.807, 2.05) is 20.8 Å². The Bertz CT molecular complexity index is 250. The molecule has 0 aliphatic heterocycles. The van der Waals surface area contributed by atoms with Crippen LogP contribution in [-0.4, -0.2) is 17.4 Å². The van der Waals surface area contributed by atoms with Gasteiger partial charge in [0.15, 0.2) is 0 Å². The highest BCUT2D eigenvalue weighted by atomic mass is 16.6. The lowest BCUT2D eigenvalue weighted by atomic mass is 9.86. The summed E-state index contributed by atoms with van der Waals surface area (Å²) in [5.41, 5.74) is -0.450. The fourth-order valence-electron chi connectivity index (χ4n) is 1.86. The first-order valence-corrected chi connectivity index (χ1v) is 5.63. The zero-order valence-electron chi connectivity index (χ0n) is 9.84. The number of ether oxygens (including phenoxy) is 1. The third-order valence-corrected chi connectivity index (χ3v) is 2.51. The first kappa shape index (κ1) is 12.2. The second kappa shape index (κ2) is 4.77. The summed E-state index contributed by atoms with van der Waals surface area (Å²) in [7, 11) is 0. The second-order valence-corrected chi connectivity index (χ2v) is 5.20. The highest BCUT2D eigenvalue weighted by Crippen LogP contribution is 2.24. The maximum absolute atomic E-state index is 11.5. The number of rotatable bonds is 2. The second-order valence-electron chi connectivity index (χ2n) is 5.20. The molecule has 1 fully saturated rings. The van der Waals surface area contributed by atoms with Crippen molar-refractivity contribution in [2.24, 2.45) is 5.92 Å². The van der Waals surface area contributed by atoms with Crippen LogP contribution in [0.2, 0.25) is 0 Å². The molecule has 0 amide bonds. The van der Waals surface area contributed by atoms with Gasteiger partial charge in [-0.25, -0.2) is 0 Å². The van der Waals surface area contributed by atoms with Crippen LogP contribution in [0.4, 0.5) is 0 Å². The molecule has 1 rings (SSSR count). The lowest BCUT2D eigenvalue weighted by Crippen LogP contribution is -2.28. The van der Waals surface area contributed by atoms with E-state index < -0.39 is 5.60 Å². The summed E-state index contributed by atoms with van der Waals surface area (Å²) >= 11 is 0. The summed E-state index contributed by atoms with van der Waals surface area (Å²) in [6, 6.07) is 0. The van der Waals surface area contributed by atoms with Gasteiger partial charge in [0.25, 0.3) is 0 Å². The minimum Gasteiger partial charge on any atom is -0.460 e. The van der Waals surface area contributed by atoms with Crippen molar-refractivity contribution < 1.29 is 14.3 Å². The Morgan fingerprint density at radius 2 is 2.07 bits per heavy atom. The first-order chi connectivity index (χ1) is 6.88. The van der Waals surface area contributed by atoms with Crippen molar-refractivity contribution >= 4 is 11.8 Å². The highest BCUT2D eigenvalue weighted by Gasteiger charge is 2.27. The molecule has 86 valence electrons. The fraction of sp³-hybridized carbons (Fsp3) is 0.833. The summed E-state index contributed by atoms with van der Waals surface area (Å²) in [5.74, 6) is -0.108. The molecule has 0 aromatic heterocycles. The molecule has 0 aromatic rings. The van der Waals surface area contributed by atoms with E-state index in [0.29, 0.717) is 6.42 Å². The number of carbonyl (C=O) groups is 2. The minimum absolute atomic E-state index is 0.0893. The average molecular weight is 212 g/mol. The largest absolute Gasteiger partial charge is 0.460 e. The monoisotopic (exact) mass is 212 g/mol. The molecule has 1 aliphatic carbocycles. The lowest BCUT2D eigenvalue weighted by Gasteiger charge is -2.23. The van der Waals surface area contributed by atoms with Gasteiger partial charge in [0.2, 0.25) is 0 Å². The van der Waals surface area contributed by atoms with Crippen LogP contribution in [0.3, 0.4) is 0 Å². The average Bonchev–Trinajstić information content (AvgIpc) is 2.05. The summed E-state index contributed by atoms with van der Waals surface area (Å²) in [6.45, 7) is 5.52. The normalized spacial score (nSPS) is 22.6. The summed E-state index contributed by atoms with van der Waals surface area (Å²) < 4.78 is 5.20. The van der Waals surface area contributed by atoms with E-state index in [-0.39, 0.29) is 24.1 Å². The molecule has 0 bridgehead atoms. The van der Waals surface area contributed by atoms with E-state index >= 15 is 0 Å². The molecule has 3 nitrogen and oxygen atoms in total. The van der Waals surface area contributed by atoms with Gasteiger partial charge in [-0.3, -0.25) is 9.59 Å². The van der Waals surface area contributed by atoms with Crippen LogP contribution in [0.1, 0.15) is 52.9 Å². The Labute approximate surface area is 91.2 Å². The molecule has 0 saturated heterocycles. The van der Waals surface area contributed by atoms with Crippen molar-refractivity contribution in [1.82, 2.24) is 0 Å². The SMILES string of the molecule is CC(C)(C)OC(=O)CC1CCCCC1=O. The van der Waals surface area contributed by atoms with Crippen LogP contribution in [0.5, 0.6) is 0 Å². The number of Topliss-reactive ketones (excluding diaryl/α,β-unsaturated/α-hetero) is 1. The molecule has 0 radical (unpaired) electrons. The Balaban J connectivity index is 2.40. The Morgan fingerprint density at radius 3 is 2.60 bits per heavy atom. The van der Waals surface area contributed by atoms with Crippen LogP contribution in [0.25, 0.3) is 0 Å². The highest BCUT2D eigenvalue weighted by molar-refractivity contribution is 5.85. The molecule has 15 heavy (non-hydrogen) atoms. The van der Waals surface area contributed by atoms with E-state index in [0.717, 1.165) is 19.3 Å². The molecule has 0 spiro atoms. The number of hydrogen-bond acceptors (Lipinski definition) is 3. The van der Waals surface area contributed by atoms with E-state index in [1.54, 1.807) is 0 Å². The van der Waals surface area contributed by atoms with Gasteiger partial charge >= 0.3 is 5.97 Å². The van der Waals surface area contributed by atoms with E-state index in [9.17, 15) is 9.59 Å². The number of hydrogen-bond donors (Lipinski definition) is 0. The fourth-order valence-corrected chi connectivity index (χ4v) is 1.86. The summed E-state index contributed by atoms with van der Waals surface area (Å²) in [5, 5.41) is 0. The van der Waals surface area contributed by atoms with Crippen LogP contribution in [-0.2, 0) is 14.3 Å². The van der Waals surface area contributed by atoms with Gasteiger partial charge in [0.05, 0.1) is 6.42 Å². The molecular formula is C12H20O3. The zero-order chi connectivity index (χ0) is 11.5. The third-order valence-electron chi connectivity index (χ3n) is 2.51. The van der Waals surface area contributed by atoms with E-state index in [4.69, 9.17) is 4.74 Å². The topological polar surface area (TPSA) is 43.4 Å². The first-order valence-electron chi connectivity index (χ1n) is 5.63. The molecule has 1 atom stereocenters. The standard InChI is InChI=1S/C12H20O3/c1-12(2,3)15-11(14)8-9-6-4-5-7-10(9)13/h9H,4-8H2,1-3H3. The van der Waals surface area contributed by atoms with Crippen molar-refractivity contribution in [3.63, 3.8) is 0 Å². The van der Waals surface area contributed by atoms with Crippen molar-refractivity contribution in [1.29, 1.82) is 0 Å². The van der Waals surface area contributed by atoms with Crippen molar-refractivity contribution in [2.75, 3.05) is 0 Å². The molecule has 1 saturated carbocycles. The molecular weight excluding hydrogens is 192 g/mol. The third kappa shape index (κ3) is 4.45. The zero-order valence-corrected chi connectivity index (χ0v) is 9.84. The van der Waals surface area contributed by atoms with Gasteiger partial charge in [-0.05, 0) is 33.6 Å². The smallest absolute Gasteiger partial charge is 0.307 e. The molecule has 0 N–H and O–H groups in total. The molecule has 3 heteroatoms. The van der Waals surface area contributed by atoms with Gasteiger partial charge in [-0.15, -0.1) is 0 Å². The Hall–Kier alpha value is -0.860. The summed E-state index contributed by atoms with van der Waals surface area (Å²) in [6.07, 6.45) is 3.77. The van der Waals surface area contributed by atoms with Crippen molar-refractivity contribution in [3.8, 4) is 0 Å². The maximum Gasteiger partial charge on any atom is 0.307 e. The number of carbonyl (C=O) groups excluding carboxylic acids is 2. The van der Waals surface area contributed by atoms with Gasteiger partial charge in [0.1, 0.15) is 11.4 Å².